The van der Waals surface area contributed by atoms with Crippen molar-refractivity contribution in [3.05, 3.63) is 47.6 Å². The van der Waals surface area contributed by atoms with Gasteiger partial charge in [0.2, 0.25) is 11.8 Å². The molecule has 1 N–H and O–H groups in total. The Kier molecular flexibility index (Phi) is 5.81. The van der Waals surface area contributed by atoms with Crippen molar-refractivity contribution >= 4 is 5.91 Å². The van der Waals surface area contributed by atoms with E-state index in [1.165, 1.54) is 0 Å². The second kappa shape index (κ2) is 8.25. The molecule has 1 fully saturated rings. The van der Waals surface area contributed by atoms with Gasteiger partial charge in [-0.1, -0.05) is 35.5 Å². The van der Waals surface area contributed by atoms with Gasteiger partial charge in [0.15, 0.2) is 5.82 Å². The van der Waals surface area contributed by atoms with Gasteiger partial charge < -0.3 is 14.7 Å². The van der Waals surface area contributed by atoms with Crippen LogP contribution >= 0.6 is 0 Å². The lowest BCUT2D eigenvalue weighted by Crippen LogP contribution is -2.45. The van der Waals surface area contributed by atoms with Gasteiger partial charge in [-0.05, 0) is 38.8 Å². The lowest BCUT2D eigenvalue weighted by Gasteiger charge is -2.34. The molecule has 6 nitrogen and oxygen atoms in total. The molecule has 0 saturated carbocycles. The van der Waals surface area contributed by atoms with Gasteiger partial charge in [-0.25, -0.2) is 0 Å². The summed E-state index contributed by atoms with van der Waals surface area (Å²) in [5.74, 6) is 1.22. The quantitative estimate of drug-likeness (QED) is 0.873. The Morgan fingerprint density at radius 3 is 2.92 bits per heavy atom. The first kappa shape index (κ1) is 17.6. The van der Waals surface area contributed by atoms with Crippen LogP contribution in [0.4, 0.5) is 0 Å². The van der Waals surface area contributed by atoms with Crippen molar-refractivity contribution in [2.75, 3.05) is 13.1 Å². The number of piperidine rings is 1. The fourth-order valence-corrected chi connectivity index (χ4v) is 3.20. The molecule has 3 rings (SSSR count). The second-order valence-corrected chi connectivity index (χ2v) is 6.91. The van der Waals surface area contributed by atoms with Crippen LogP contribution in [-0.2, 0) is 17.8 Å². The molecule has 0 radical (unpaired) electrons. The minimum Gasteiger partial charge on any atom is -0.348 e. The van der Waals surface area contributed by atoms with Crippen LogP contribution in [0.5, 0.6) is 0 Å². The molecule has 25 heavy (non-hydrogen) atoms. The summed E-state index contributed by atoms with van der Waals surface area (Å²) in [5.41, 5.74) is 1.12. The van der Waals surface area contributed by atoms with E-state index in [0.717, 1.165) is 31.5 Å². The summed E-state index contributed by atoms with van der Waals surface area (Å²) >= 11 is 0. The third-order valence-corrected chi connectivity index (χ3v) is 4.68. The predicted molar refractivity (Wildman–Crippen MR) is 94.8 cm³/mol. The zero-order chi connectivity index (χ0) is 17.6. The van der Waals surface area contributed by atoms with Gasteiger partial charge in [-0.15, -0.1) is 0 Å². The number of amides is 1. The molecule has 0 aliphatic carbocycles. The summed E-state index contributed by atoms with van der Waals surface area (Å²) in [5, 5.41) is 6.92. The molecular formula is C19H26N4O2. The molecule has 6 heteroatoms. The van der Waals surface area contributed by atoms with E-state index < -0.39 is 0 Å². The topological polar surface area (TPSA) is 71.3 Å². The number of carbonyl (C=O) groups excluding carboxylic acids is 1. The number of likely N-dealkylation sites (tertiary alicyclic amines) is 1. The predicted octanol–water partition coefficient (Wildman–Crippen LogP) is 2.40. The van der Waals surface area contributed by atoms with E-state index in [4.69, 9.17) is 4.52 Å². The highest BCUT2D eigenvalue weighted by Gasteiger charge is 2.26. The Balaban J connectivity index is 1.49. The fraction of sp³-hybridized carbons (Fsp3) is 0.526. The Hall–Kier alpha value is -2.21. The second-order valence-electron chi connectivity index (χ2n) is 6.91. The largest absolute Gasteiger partial charge is 0.348 e. The third kappa shape index (κ3) is 4.89. The van der Waals surface area contributed by atoms with Crippen LogP contribution in [0.15, 0.2) is 34.9 Å². The smallest absolute Gasteiger partial charge is 0.231 e. The number of nitrogens with zero attached hydrogens (tertiary/aromatic N) is 3. The van der Waals surface area contributed by atoms with Crippen LogP contribution in [0.25, 0.3) is 0 Å². The Morgan fingerprint density at radius 2 is 2.16 bits per heavy atom. The van der Waals surface area contributed by atoms with E-state index in [9.17, 15) is 4.79 Å². The van der Waals surface area contributed by atoms with Crippen molar-refractivity contribution in [2.24, 2.45) is 5.92 Å². The number of hydrogen-bond donors (Lipinski definition) is 1. The molecule has 2 heterocycles. The van der Waals surface area contributed by atoms with Crippen molar-refractivity contribution in [3.8, 4) is 0 Å². The van der Waals surface area contributed by atoms with Crippen LogP contribution in [0.3, 0.4) is 0 Å². The maximum Gasteiger partial charge on any atom is 0.231 e. The molecule has 1 aromatic heterocycles. The lowest BCUT2D eigenvalue weighted by molar-refractivity contribution is -0.127. The highest BCUT2D eigenvalue weighted by Crippen LogP contribution is 2.18. The van der Waals surface area contributed by atoms with Crippen molar-refractivity contribution in [1.82, 2.24) is 20.4 Å². The molecule has 2 aromatic rings. The molecule has 1 aliphatic rings. The van der Waals surface area contributed by atoms with Gasteiger partial charge in [0, 0.05) is 12.6 Å². The summed E-state index contributed by atoms with van der Waals surface area (Å²) in [6.07, 6.45) is 2.62. The summed E-state index contributed by atoms with van der Waals surface area (Å²) in [4.78, 5) is 19.1. The van der Waals surface area contributed by atoms with Crippen LogP contribution in [0.1, 0.15) is 44.0 Å². The van der Waals surface area contributed by atoms with E-state index >= 15 is 0 Å². The number of nitrogens with one attached hydrogen (secondary N) is 1. The molecule has 1 aromatic carbocycles. The highest BCUT2D eigenvalue weighted by atomic mass is 16.5. The SMILES string of the molecule is CC(C)N1CCC[C@@H](C(=O)NCc2noc(Cc3ccccc3)n2)C1. The van der Waals surface area contributed by atoms with Gasteiger partial charge in [-0.3, -0.25) is 4.79 Å². The van der Waals surface area contributed by atoms with E-state index in [2.05, 4.69) is 34.2 Å². The molecule has 134 valence electrons. The van der Waals surface area contributed by atoms with Crippen LogP contribution in [0, 0.1) is 5.92 Å². The van der Waals surface area contributed by atoms with Crippen LogP contribution < -0.4 is 5.32 Å². The molecule has 0 spiro atoms. The number of aromatic nitrogens is 2. The van der Waals surface area contributed by atoms with E-state index in [1.54, 1.807) is 0 Å². The van der Waals surface area contributed by atoms with Gasteiger partial charge in [0.25, 0.3) is 0 Å². The number of carbonyl (C=O) groups is 1. The number of benzene rings is 1. The lowest BCUT2D eigenvalue weighted by atomic mass is 9.96. The number of rotatable bonds is 6. The minimum atomic E-state index is 0.0480. The van der Waals surface area contributed by atoms with Crippen molar-refractivity contribution in [1.29, 1.82) is 0 Å². The maximum absolute atomic E-state index is 12.4. The zero-order valence-corrected chi connectivity index (χ0v) is 14.9. The van der Waals surface area contributed by atoms with Crippen LogP contribution in [-0.4, -0.2) is 40.1 Å². The summed E-state index contributed by atoms with van der Waals surface area (Å²) in [6, 6.07) is 10.5. The normalized spacial score (nSPS) is 18.4. The van der Waals surface area contributed by atoms with Crippen molar-refractivity contribution in [3.63, 3.8) is 0 Å². The first-order chi connectivity index (χ1) is 12.1. The van der Waals surface area contributed by atoms with E-state index in [1.807, 2.05) is 30.3 Å². The maximum atomic E-state index is 12.4. The highest BCUT2D eigenvalue weighted by molar-refractivity contribution is 5.78. The average molecular weight is 342 g/mol. The molecule has 1 amide bonds. The standard InChI is InChI=1S/C19H26N4O2/c1-14(2)23-10-6-9-16(13-23)19(24)20-12-17-21-18(25-22-17)11-15-7-4-3-5-8-15/h3-5,7-8,14,16H,6,9-13H2,1-2H3,(H,20,24)/t16-/m1/s1. The van der Waals surface area contributed by atoms with Gasteiger partial charge in [0.1, 0.15) is 0 Å². The Bertz CT molecular complexity index is 684. The van der Waals surface area contributed by atoms with Gasteiger partial charge in [-0.2, -0.15) is 4.98 Å². The zero-order valence-electron chi connectivity index (χ0n) is 14.9. The molecular weight excluding hydrogens is 316 g/mol. The fourth-order valence-electron chi connectivity index (χ4n) is 3.20. The monoisotopic (exact) mass is 342 g/mol. The van der Waals surface area contributed by atoms with E-state index in [-0.39, 0.29) is 11.8 Å². The average Bonchev–Trinajstić information content (AvgIpc) is 3.08. The summed E-state index contributed by atoms with van der Waals surface area (Å²) in [6.45, 7) is 6.57. The Labute approximate surface area is 148 Å². The molecule has 1 aliphatic heterocycles. The van der Waals surface area contributed by atoms with Crippen molar-refractivity contribution < 1.29 is 9.32 Å². The number of hydrogen-bond acceptors (Lipinski definition) is 5. The minimum absolute atomic E-state index is 0.0480. The molecule has 0 bridgehead atoms. The molecule has 1 saturated heterocycles. The van der Waals surface area contributed by atoms with Crippen molar-refractivity contribution in [2.45, 2.75) is 45.7 Å². The summed E-state index contributed by atoms with van der Waals surface area (Å²) in [7, 11) is 0. The van der Waals surface area contributed by atoms with Gasteiger partial charge >= 0.3 is 0 Å². The first-order valence-electron chi connectivity index (χ1n) is 8.99. The Morgan fingerprint density at radius 1 is 1.36 bits per heavy atom. The molecule has 1 atom stereocenters. The third-order valence-electron chi connectivity index (χ3n) is 4.68. The summed E-state index contributed by atoms with van der Waals surface area (Å²) < 4.78 is 5.27. The van der Waals surface area contributed by atoms with E-state index in [0.29, 0.717) is 30.7 Å². The van der Waals surface area contributed by atoms with Crippen LogP contribution in [0.2, 0.25) is 0 Å². The first-order valence-corrected chi connectivity index (χ1v) is 8.99. The van der Waals surface area contributed by atoms with Gasteiger partial charge in [0.05, 0.1) is 18.9 Å². The molecule has 0 unspecified atom stereocenters.